The molecule has 66 valence electrons. The summed E-state index contributed by atoms with van der Waals surface area (Å²) in [4.78, 5) is 4.04. The fourth-order valence-electron chi connectivity index (χ4n) is 1.06. The summed E-state index contributed by atoms with van der Waals surface area (Å²) < 4.78 is 13.1. The van der Waals surface area contributed by atoms with E-state index in [1.54, 1.807) is 12.3 Å². The van der Waals surface area contributed by atoms with Crippen molar-refractivity contribution in [1.82, 2.24) is 4.98 Å². The molecule has 1 heterocycles. The molecule has 12 heavy (non-hydrogen) atoms. The summed E-state index contributed by atoms with van der Waals surface area (Å²) in [5.41, 5.74) is 1.52. The summed E-state index contributed by atoms with van der Waals surface area (Å²) in [6, 6.07) is 1.58. The second-order valence-corrected chi connectivity index (χ2v) is 3.21. The molecule has 0 bridgehead atoms. The van der Waals surface area contributed by atoms with Gasteiger partial charge < -0.3 is 0 Å². The Bertz CT molecular complexity index is 269. The van der Waals surface area contributed by atoms with Crippen LogP contribution in [-0.2, 0) is 6.42 Å². The minimum Gasteiger partial charge on any atom is -0.258 e. The number of halogens is 1. The van der Waals surface area contributed by atoms with Crippen LogP contribution in [0.5, 0.6) is 0 Å². The summed E-state index contributed by atoms with van der Waals surface area (Å²) in [6.07, 6.45) is 2.41. The highest BCUT2D eigenvalue weighted by molar-refractivity contribution is 5.18. The molecule has 0 aromatic carbocycles. The molecular weight excluding hydrogens is 153 g/mol. The van der Waals surface area contributed by atoms with Crippen molar-refractivity contribution in [3.63, 3.8) is 0 Å². The molecule has 0 saturated heterocycles. The van der Waals surface area contributed by atoms with Gasteiger partial charge in [0.1, 0.15) is 5.82 Å². The van der Waals surface area contributed by atoms with E-state index in [1.807, 2.05) is 20.8 Å². The monoisotopic (exact) mass is 167 g/mol. The molecule has 0 aliphatic carbocycles. The van der Waals surface area contributed by atoms with Crippen molar-refractivity contribution < 1.29 is 4.39 Å². The third-order valence-corrected chi connectivity index (χ3v) is 1.94. The van der Waals surface area contributed by atoms with E-state index in [4.69, 9.17) is 0 Å². The quantitative estimate of drug-likeness (QED) is 0.660. The highest BCUT2D eigenvalue weighted by Gasteiger charge is 2.05. The van der Waals surface area contributed by atoms with Crippen LogP contribution in [0.25, 0.3) is 0 Å². The highest BCUT2D eigenvalue weighted by atomic mass is 19.1. The molecule has 0 aliphatic heterocycles. The molecule has 1 aromatic rings. The molecule has 0 amide bonds. The van der Waals surface area contributed by atoms with Gasteiger partial charge in [-0.3, -0.25) is 4.98 Å². The highest BCUT2D eigenvalue weighted by Crippen LogP contribution is 2.15. The smallest absolute Gasteiger partial charge is 0.144 e. The van der Waals surface area contributed by atoms with Crippen LogP contribution >= 0.6 is 0 Å². The molecule has 1 nitrogen and oxygen atoms in total. The van der Waals surface area contributed by atoms with E-state index < -0.39 is 0 Å². The number of aryl methyl sites for hydroxylation is 1. The Hall–Kier alpha value is -0.920. The first-order valence-electron chi connectivity index (χ1n) is 4.29. The molecule has 0 atom stereocenters. The van der Waals surface area contributed by atoms with Crippen LogP contribution in [0, 0.1) is 5.82 Å². The second kappa shape index (κ2) is 3.65. The van der Waals surface area contributed by atoms with Gasteiger partial charge in [-0.05, 0) is 24.0 Å². The van der Waals surface area contributed by atoms with Crippen LogP contribution in [0.2, 0.25) is 0 Å². The van der Waals surface area contributed by atoms with Gasteiger partial charge >= 0.3 is 0 Å². The molecule has 0 N–H and O–H groups in total. The predicted molar refractivity (Wildman–Crippen MR) is 47.7 cm³/mol. The first-order valence-corrected chi connectivity index (χ1v) is 4.29. The summed E-state index contributed by atoms with van der Waals surface area (Å²) in [6.45, 7) is 5.96. The zero-order chi connectivity index (χ0) is 9.14. The SMILES string of the molecule is CCc1ncc(C(C)C)cc1F. The molecule has 0 spiro atoms. The lowest BCUT2D eigenvalue weighted by Gasteiger charge is -2.05. The lowest BCUT2D eigenvalue weighted by Crippen LogP contribution is -1.96. The standard InChI is InChI=1S/C10H14FN/c1-4-10-9(11)5-8(6-12-10)7(2)3/h5-7H,4H2,1-3H3. The molecule has 0 saturated carbocycles. The Morgan fingerprint density at radius 2 is 2.17 bits per heavy atom. The van der Waals surface area contributed by atoms with Gasteiger partial charge in [-0.1, -0.05) is 20.8 Å². The maximum absolute atomic E-state index is 13.1. The van der Waals surface area contributed by atoms with Crippen LogP contribution in [0.4, 0.5) is 4.39 Å². The van der Waals surface area contributed by atoms with Crippen molar-refractivity contribution in [3.8, 4) is 0 Å². The normalized spacial score (nSPS) is 10.8. The van der Waals surface area contributed by atoms with Gasteiger partial charge in [0.05, 0.1) is 5.69 Å². The fraction of sp³-hybridized carbons (Fsp3) is 0.500. The number of rotatable bonds is 2. The van der Waals surface area contributed by atoms with E-state index in [1.165, 1.54) is 0 Å². The van der Waals surface area contributed by atoms with Crippen LogP contribution < -0.4 is 0 Å². The van der Waals surface area contributed by atoms with E-state index in [9.17, 15) is 4.39 Å². The van der Waals surface area contributed by atoms with Crippen molar-refractivity contribution in [2.24, 2.45) is 0 Å². The third-order valence-electron chi connectivity index (χ3n) is 1.94. The molecule has 0 unspecified atom stereocenters. The Balaban J connectivity index is 3.02. The lowest BCUT2D eigenvalue weighted by molar-refractivity contribution is 0.596. The van der Waals surface area contributed by atoms with Crippen LogP contribution in [0.3, 0.4) is 0 Å². The van der Waals surface area contributed by atoms with Crippen molar-refractivity contribution in [3.05, 3.63) is 29.3 Å². The van der Waals surface area contributed by atoms with Crippen LogP contribution in [0.1, 0.15) is 37.9 Å². The Labute approximate surface area is 72.6 Å². The van der Waals surface area contributed by atoms with Crippen molar-refractivity contribution >= 4 is 0 Å². The van der Waals surface area contributed by atoms with Crippen LogP contribution in [0.15, 0.2) is 12.3 Å². The maximum atomic E-state index is 13.1. The third kappa shape index (κ3) is 1.81. The molecular formula is C10H14FN. The van der Waals surface area contributed by atoms with Gasteiger partial charge in [-0.2, -0.15) is 0 Å². The number of hydrogen-bond acceptors (Lipinski definition) is 1. The first-order chi connectivity index (χ1) is 5.65. The summed E-state index contributed by atoms with van der Waals surface area (Å²) in [5.74, 6) is 0.168. The first kappa shape index (κ1) is 9.17. The zero-order valence-corrected chi connectivity index (χ0v) is 7.76. The summed E-state index contributed by atoms with van der Waals surface area (Å²) in [5, 5.41) is 0. The molecule has 0 aliphatic rings. The second-order valence-electron chi connectivity index (χ2n) is 3.21. The fourth-order valence-corrected chi connectivity index (χ4v) is 1.06. The minimum absolute atomic E-state index is 0.177. The average Bonchev–Trinajstić information content (AvgIpc) is 2.04. The number of hydrogen-bond donors (Lipinski definition) is 0. The zero-order valence-electron chi connectivity index (χ0n) is 7.76. The van der Waals surface area contributed by atoms with Gasteiger partial charge in [0.25, 0.3) is 0 Å². The topological polar surface area (TPSA) is 12.9 Å². The Kier molecular flexibility index (Phi) is 2.79. The average molecular weight is 167 g/mol. The van der Waals surface area contributed by atoms with Crippen molar-refractivity contribution in [2.45, 2.75) is 33.1 Å². The van der Waals surface area contributed by atoms with Crippen molar-refractivity contribution in [2.75, 3.05) is 0 Å². The van der Waals surface area contributed by atoms with Gasteiger partial charge in [0.15, 0.2) is 0 Å². The number of aromatic nitrogens is 1. The predicted octanol–water partition coefficient (Wildman–Crippen LogP) is 2.91. The van der Waals surface area contributed by atoms with E-state index in [-0.39, 0.29) is 5.82 Å². The van der Waals surface area contributed by atoms with Crippen LogP contribution in [-0.4, -0.2) is 4.98 Å². The summed E-state index contributed by atoms with van der Waals surface area (Å²) >= 11 is 0. The molecule has 1 rings (SSSR count). The van der Waals surface area contributed by atoms with E-state index in [2.05, 4.69) is 4.98 Å². The Morgan fingerprint density at radius 1 is 1.50 bits per heavy atom. The van der Waals surface area contributed by atoms with E-state index in [0.29, 0.717) is 18.0 Å². The van der Waals surface area contributed by atoms with Gasteiger partial charge in [-0.25, -0.2) is 4.39 Å². The van der Waals surface area contributed by atoms with Crippen molar-refractivity contribution in [1.29, 1.82) is 0 Å². The van der Waals surface area contributed by atoms with Gasteiger partial charge in [0, 0.05) is 6.20 Å². The van der Waals surface area contributed by atoms with E-state index >= 15 is 0 Å². The summed E-state index contributed by atoms with van der Waals surface area (Å²) in [7, 11) is 0. The maximum Gasteiger partial charge on any atom is 0.144 e. The van der Waals surface area contributed by atoms with E-state index in [0.717, 1.165) is 5.56 Å². The van der Waals surface area contributed by atoms with Gasteiger partial charge in [-0.15, -0.1) is 0 Å². The lowest BCUT2D eigenvalue weighted by atomic mass is 10.1. The molecule has 0 fully saturated rings. The van der Waals surface area contributed by atoms with Gasteiger partial charge in [0.2, 0.25) is 0 Å². The molecule has 2 heteroatoms. The minimum atomic E-state index is -0.177. The molecule has 1 aromatic heterocycles. The number of pyridine rings is 1. The number of nitrogens with zero attached hydrogens (tertiary/aromatic N) is 1. The largest absolute Gasteiger partial charge is 0.258 e. The Morgan fingerprint density at radius 3 is 2.58 bits per heavy atom. The molecule has 0 radical (unpaired) electrons.